The quantitative estimate of drug-likeness (QED) is 0.869. The molecule has 2 amide bonds. The fourth-order valence-electron chi connectivity index (χ4n) is 1.89. The zero-order valence-corrected chi connectivity index (χ0v) is 12.5. The number of nitrogens with zero attached hydrogens (tertiary/aromatic N) is 3. The SMILES string of the molecule is CN(CC(C)(C)C)C(=O)NC(C(=O)O)c1cnn(C)c1. The summed E-state index contributed by atoms with van der Waals surface area (Å²) in [6.07, 6.45) is 3.01. The molecule has 0 spiro atoms. The molecule has 0 fully saturated rings. The molecular weight excluding hydrogens is 260 g/mol. The summed E-state index contributed by atoms with van der Waals surface area (Å²) < 4.78 is 1.50. The van der Waals surface area contributed by atoms with Gasteiger partial charge in [-0.1, -0.05) is 20.8 Å². The van der Waals surface area contributed by atoms with E-state index in [1.54, 1.807) is 20.3 Å². The van der Waals surface area contributed by atoms with Crippen molar-refractivity contribution in [1.29, 1.82) is 0 Å². The number of aliphatic carboxylic acids is 1. The van der Waals surface area contributed by atoms with Crippen LogP contribution in [0, 0.1) is 5.41 Å². The molecule has 0 aliphatic carbocycles. The lowest BCUT2D eigenvalue weighted by molar-refractivity contribution is -0.139. The van der Waals surface area contributed by atoms with Gasteiger partial charge < -0.3 is 15.3 Å². The van der Waals surface area contributed by atoms with Crippen LogP contribution in [0.25, 0.3) is 0 Å². The molecule has 0 aromatic carbocycles. The molecule has 1 heterocycles. The third-order valence-corrected chi connectivity index (χ3v) is 2.63. The van der Waals surface area contributed by atoms with Crippen LogP contribution in [0.15, 0.2) is 12.4 Å². The van der Waals surface area contributed by atoms with Gasteiger partial charge in [-0.2, -0.15) is 5.10 Å². The second kappa shape index (κ2) is 5.94. The highest BCUT2D eigenvalue weighted by atomic mass is 16.4. The molecule has 0 saturated carbocycles. The number of nitrogens with one attached hydrogen (secondary N) is 1. The third-order valence-electron chi connectivity index (χ3n) is 2.63. The van der Waals surface area contributed by atoms with E-state index >= 15 is 0 Å². The van der Waals surface area contributed by atoms with Gasteiger partial charge in [0.05, 0.1) is 6.20 Å². The van der Waals surface area contributed by atoms with Crippen molar-refractivity contribution in [1.82, 2.24) is 20.0 Å². The Labute approximate surface area is 118 Å². The minimum atomic E-state index is -1.12. The van der Waals surface area contributed by atoms with Crippen LogP contribution in [-0.4, -0.2) is 45.4 Å². The van der Waals surface area contributed by atoms with E-state index in [1.807, 2.05) is 20.8 Å². The van der Waals surface area contributed by atoms with Gasteiger partial charge in [0, 0.05) is 32.4 Å². The number of amides is 2. The van der Waals surface area contributed by atoms with Gasteiger partial charge in [0.2, 0.25) is 0 Å². The van der Waals surface area contributed by atoms with Crippen LogP contribution in [0.4, 0.5) is 4.79 Å². The van der Waals surface area contributed by atoms with Gasteiger partial charge in [0.25, 0.3) is 0 Å². The summed E-state index contributed by atoms with van der Waals surface area (Å²) in [6.45, 7) is 6.55. The number of carboxylic acid groups (broad SMARTS) is 1. The van der Waals surface area contributed by atoms with Crippen molar-refractivity contribution in [2.24, 2.45) is 12.5 Å². The number of hydrogen-bond donors (Lipinski definition) is 2. The van der Waals surface area contributed by atoms with E-state index in [0.717, 1.165) is 0 Å². The molecule has 1 rings (SSSR count). The van der Waals surface area contributed by atoms with Crippen LogP contribution in [-0.2, 0) is 11.8 Å². The zero-order chi connectivity index (χ0) is 15.5. The summed E-state index contributed by atoms with van der Waals surface area (Å²) in [6, 6.07) is -1.52. The molecule has 0 saturated heterocycles. The van der Waals surface area contributed by atoms with Crippen LogP contribution < -0.4 is 5.32 Å². The van der Waals surface area contributed by atoms with Crippen molar-refractivity contribution in [2.45, 2.75) is 26.8 Å². The Bertz CT molecular complexity index is 490. The van der Waals surface area contributed by atoms with Gasteiger partial charge in [-0.25, -0.2) is 9.59 Å². The number of aromatic nitrogens is 2. The monoisotopic (exact) mass is 282 g/mol. The number of carboxylic acids is 1. The first kappa shape index (κ1) is 16.0. The van der Waals surface area contributed by atoms with Crippen LogP contribution in [0.3, 0.4) is 0 Å². The number of aryl methyl sites for hydroxylation is 1. The largest absolute Gasteiger partial charge is 0.479 e. The maximum absolute atomic E-state index is 12.0. The standard InChI is InChI=1S/C13H22N4O3/c1-13(2,3)8-16(4)12(20)15-10(11(18)19)9-6-14-17(5)7-9/h6-7,10H,8H2,1-5H3,(H,15,20)(H,18,19). The Morgan fingerprint density at radius 2 is 2.10 bits per heavy atom. The number of carbonyl (C=O) groups is 2. The molecule has 0 radical (unpaired) electrons. The normalized spacial score (nSPS) is 12.8. The van der Waals surface area contributed by atoms with Crippen LogP contribution >= 0.6 is 0 Å². The number of urea groups is 1. The molecule has 112 valence electrons. The van der Waals surface area contributed by atoms with Crippen LogP contribution in [0.2, 0.25) is 0 Å². The highest BCUT2D eigenvalue weighted by Crippen LogP contribution is 2.16. The van der Waals surface area contributed by atoms with Crippen LogP contribution in [0.5, 0.6) is 0 Å². The molecule has 0 aliphatic rings. The summed E-state index contributed by atoms with van der Waals surface area (Å²) in [7, 11) is 3.33. The molecule has 7 nitrogen and oxygen atoms in total. The van der Waals surface area contributed by atoms with Gasteiger partial charge in [0.1, 0.15) is 0 Å². The highest BCUT2D eigenvalue weighted by Gasteiger charge is 2.26. The zero-order valence-electron chi connectivity index (χ0n) is 12.5. The van der Waals surface area contributed by atoms with E-state index in [-0.39, 0.29) is 5.41 Å². The second-order valence-electron chi connectivity index (χ2n) is 6.08. The van der Waals surface area contributed by atoms with Crippen molar-refractivity contribution in [3.63, 3.8) is 0 Å². The average Bonchev–Trinajstić information content (AvgIpc) is 2.69. The predicted octanol–water partition coefficient (Wildman–Crippen LogP) is 1.23. The molecule has 0 aliphatic heterocycles. The van der Waals surface area contributed by atoms with E-state index in [0.29, 0.717) is 12.1 Å². The first-order valence-corrected chi connectivity index (χ1v) is 6.33. The van der Waals surface area contributed by atoms with Gasteiger partial charge in [-0.3, -0.25) is 4.68 Å². The lowest BCUT2D eigenvalue weighted by atomic mass is 9.96. The highest BCUT2D eigenvalue weighted by molar-refractivity contribution is 5.83. The van der Waals surface area contributed by atoms with Crippen molar-refractivity contribution >= 4 is 12.0 Å². The minimum absolute atomic E-state index is 0.0564. The molecule has 1 atom stereocenters. The minimum Gasteiger partial charge on any atom is -0.479 e. The summed E-state index contributed by atoms with van der Waals surface area (Å²) in [5.74, 6) is -1.12. The van der Waals surface area contributed by atoms with Crippen LogP contribution in [0.1, 0.15) is 32.4 Å². The van der Waals surface area contributed by atoms with E-state index in [4.69, 9.17) is 0 Å². The summed E-state index contributed by atoms with van der Waals surface area (Å²) in [5.41, 5.74) is 0.386. The smallest absolute Gasteiger partial charge is 0.331 e. The molecule has 20 heavy (non-hydrogen) atoms. The van der Waals surface area contributed by atoms with Crippen molar-refractivity contribution in [3.05, 3.63) is 18.0 Å². The fourth-order valence-corrected chi connectivity index (χ4v) is 1.89. The summed E-state index contributed by atoms with van der Waals surface area (Å²) >= 11 is 0. The first-order valence-electron chi connectivity index (χ1n) is 6.33. The maximum Gasteiger partial charge on any atom is 0.331 e. The van der Waals surface area contributed by atoms with Gasteiger partial charge in [-0.15, -0.1) is 0 Å². The second-order valence-corrected chi connectivity index (χ2v) is 6.08. The number of rotatable bonds is 4. The Kier molecular flexibility index (Phi) is 4.75. The van der Waals surface area contributed by atoms with Gasteiger partial charge in [0.15, 0.2) is 6.04 Å². The van der Waals surface area contributed by atoms with E-state index in [1.165, 1.54) is 15.8 Å². The molecule has 7 heteroatoms. The number of carbonyl (C=O) groups excluding carboxylic acids is 1. The molecule has 2 N–H and O–H groups in total. The predicted molar refractivity (Wildman–Crippen MR) is 74.2 cm³/mol. The maximum atomic E-state index is 12.0. The summed E-state index contributed by atoms with van der Waals surface area (Å²) in [5, 5.41) is 15.7. The molecule has 1 unspecified atom stereocenters. The lowest BCUT2D eigenvalue weighted by Crippen LogP contribution is -2.44. The lowest BCUT2D eigenvalue weighted by Gasteiger charge is -2.27. The van der Waals surface area contributed by atoms with Crippen molar-refractivity contribution < 1.29 is 14.7 Å². The molecule has 0 bridgehead atoms. The fraction of sp³-hybridized carbons (Fsp3) is 0.615. The van der Waals surface area contributed by atoms with Gasteiger partial charge >= 0.3 is 12.0 Å². The third kappa shape index (κ3) is 4.56. The van der Waals surface area contributed by atoms with E-state index in [2.05, 4.69) is 10.4 Å². The Hall–Kier alpha value is -2.05. The van der Waals surface area contributed by atoms with E-state index in [9.17, 15) is 14.7 Å². The van der Waals surface area contributed by atoms with E-state index < -0.39 is 18.0 Å². The summed E-state index contributed by atoms with van der Waals surface area (Å²) in [4.78, 5) is 24.8. The molecular formula is C13H22N4O3. The number of hydrogen-bond acceptors (Lipinski definition) is 3. The molecule has 1 aromatic heterocycles. The van der Waals surface area contributed by atoms with Gasteiger partial charge in [-0.05, 0) is 5.41 Å². The Balaban J connectivity index is 2.77. The first-order chi connectivity index (χ1) is 9.10. The average molecular weight is 282 g/mol. The Morgan fingerprint density at radius 3 is 2.50 bits per heavy atom. The van der Waals surface area contributed by atoms with Crippen molar-refractivity contribution in [2.75, 3.05) is 13.6 Å². The topological polar surface area (TPSA) is 87.5 Å². The Morgan fingerprint density at radius 1 is 1.50 bits per heavy atom. The van der Waals surface area contributed by atoms with Crippen molar-refractivity contribution in [3.8, 4) is 0 Å². The molecule has 1 aromatic rings.